The van der Waals surface area contributed by atoms with Crippen molar-refractivity contribution in [2.75, 3.05) is 13.7 Å². The molecule has 0 radical (unpaired) electrons. The maximum absolute atomic E-state index is 10.5. The molecule has 5 nitrogen and oxygen atoms in total. The van der Waals surface area contributed by atoms with Gasteiger partial charge in [-0.2, -0.15) is 0 Å². The summed E-state index contributed by atoms with van der Waals surface area (Å²) in [6, 6.07) is 4.90. The predicted octanol–water partition coefficient (Wildman–Crippen LogP) is 1.21. The maximum atomic E-state index is 10.5. The molecule has 0 aliphatic heterocycles. The molecule has 0 amide bonds. The zero-order valence-corrected chi connectivity index (χ0v) is 9.47. The Balaban J connectivity index is 2.77. The molecule has 1 rings (SSSR count). The van der Waals surface area contributed by atoms with Gasteiger partial charge in [0, 0.05) is 0 Å². The summed E-state index contributed by atoms with van der Waals surface area (Å²) in [5, 5.41) is 17.6. The van der Waals surface area contributed by atoms with E-state index in [1.54, 1.807) is 18.2 Å². The van der Waals surface area contributed by atoms with Gasteiger partial charge < -0.3 is 19.7 Å². The van der Waals surface area contributed by atoms with E-state index in [9.17, 15) is 4.79 Å². The molecule has 2 N–H and O–H groups in total. The molecule has 0 spiro atoms. The Bertz CT molecular complexity index is 425. The molecule has 5 heteroatoms. The van der Waals surface area contributed by atoms with Crippen LogP contribution in [0.3, 0.4) is 0 Å². The van der Waals surface area contributed by atoms with E-state index in [-0.39, 0.29) is 18.8 Å². The lowest BCUT2D eigenvalue weighted by atomic mass is 10.2. The zero-order valence-electron chi connectivity index (χ0n) is 9.47. The summed E-state index contributed by atoms with van der Waals surface area (Å²) in [4.78, 5) is 10.5. The molecule has 0 heterocycles. The number of methoxy groups -OCH3 is 1. The number of aliphatic hydroxyl groups excluding tert-OH is 1. The number of carboxylic acid groups (broad SMARTS) is 1. The van der Waals surface area contributed by atoms with Gasteiger partial charge in [0.05, 0.1) is 19.3 Å². The van der Waals surface area contributed by atoms with Crippen LogP contribution in [0.4, 0.5) is 0 Å². The van der Waals surface area contributed by atoms with Crippen molar-refractivity contribution in [3.63, 3.8) is 0 Å². The smallest absolute Gasteiger partial charge is 0.334 e. The van der Waals surface area contributed by atoms with Crippen LogP contribution in [0.2, 0.25) is 0 Å². The first-order valence-electron chi connectivity index (χ1n) is 4.90. The van der Waals surface area contributed by atoms with Gasteiger partial charge >= 0.3 is 5.97 Å². The first-order valence-corrected chi connectivity index (χ1v) is 4.90. The molecule has 92 valence electrons. The number of ether oxygens (including phenoxy) is 2. The van der Waals surface area contributed by atoms with Crippen LogP contribution in [0.1, 0.15) is 5.56 Å². The van der Waals surface area contributed by atoms with Crippen LogP contribution >= 0.6 is 0 Å². The van der Waals surface area contributed by atoms with Gasteiger partial charge in [0.1, 0.15) is 6.61 Å². The number of carboxylic acids is 1. The number of hydrogen-bond acceptors (Lipinski definition) is 4. The zero-order chi connectivity index (χ0) is 12.8. The Hall–Kier alpha value is -2.01. The number of aliphatic carboxylic acids is 1. The summed E-state index contributed by atoms with van der Waals surface area (Å²) >= 11 is 0. The summed E-state index contributed by atoms with van der Waals surface area (Å²) in [5.74, 6) is -0.252. The number of hydrogen-bond donors (Lipinski definition) is 2. The minimum atomic E-state index is -1.10. The second kappa shape index (κ2) is 5.91. The normalized spacial score (nSPS) is 9.76. The standard InChI is InChI=1S/C12H14O5/c1-8(12(14)15)7-17-10-4-3-9(6-13)5-11(10)16-2/h3-5,13H,1,6-7H2,2H3,(H,14,15). The topological polar surface area (TPSA) is 76.0 Å². The van der Waals surface area contributed by atoms with Crippen LogP contribution in [0, 0.1) is 0 Å². The van der Waals surface area contributed by atoms with Crippen LogP contribution in [-0.4, -0.2) is 29.9 Å². The van der Waals surface area contributed by atoms with Crippen molar-refractivity contribution in [1.29, 1.82) is 0 Å². The number of aliphatic hydroxyl groups is 1. The summed E-state index contributed by atoms with van der Waals surface area (Å²) in [6.45, 7) is 3.13. The van der Waals surface area contributed by atoms with Crippen LogP contribution in [0.15, 0.2) is 30.4 Å². The first kappa shape index (κ1) is 13.1. The van der Waals surface area contributed by atoms with Crippen LogP contribution in [0.5, 0.6) is 11.5 Å². The largest absolute Gasteiger partial charge is 0.493 e. The predicted molar refractivity (Wildman–Crippen MR) is 61.2 cm³/mol. The highest BCUT2D eigenvalue weighted by Crippen LogP contribution is 2.28. The van der Waals surface area contributed by atoms with Crippen molar-refractivity contribution >= 4 is 5.97 Å². The van der Waals surface area contributed by atoms with Gasteiger partial charge in [-0.05, 0) is 17.7 Å². The molecule has 0 unspecified atom stereocenters. The lowest BCUT2D eigenvalue weighted by molar-refractivity contribution is -0.133. The van der Waals surface area contributed by atoms with E-state index in [2.05, 4.69) is 6.58 Å². The van der Waals surface area contributed by atoms with Crippen molar-refractivity contribution in [1.82, 2.24) is 0 Å². The Morgan fingerprint density at radius 2 is 2.12 bits per heavy atom. The van der Waals surface area contributed by atoms with Crippen LogP contribution in [0.25, 0.3) is 0 Å². The second-order valence-corrected chi connectivity index (χ2v) is 3.34. The van der Waals surface area contributed by atoms with Crippen LogP contribution < -0.4 is 9.47 Å². The van der Waals surface area contributed by atoms with Crippen molar-refractivity contribution in [3.8, 4) is 11.5 Å². The third-order valence-corrected chi connectivity index (χ3v) is 2.11. The van der Waals surface area contributed by atoms with Crippen LogP contribution in [-0.2, 0) is 11.4 Å². The summed E-state index contributed by atoms with van der Waals surface area (Å²) < 4.78 is 10.3. The van der Waals surface area contributed by atoms with Crippen molar-refractivity contribution in [2.45, 2.75) is 6.61 Å². The Morgan fingerprint density at radius 3 is 2.65 bits per heavy atom. The van der Waals surface area contributed by atoms with Gasteiger partial charge in [0.2, 0.25) is 0 Å². The fourth-order valence-corrected chi connectivity index (χ4v) is 1.16. The third kappa shape index (κ3) is 3.49. The molecular formula is C12H14O5. The Kier molecular flexibility index (Phi) is 4.54. The van der Waals surface area contributed by atoms with Gasteiger partial charge in [0.25, 0.3) is 0 Å². The van der Waals surface area contributed by atoms with Gasteiger partial charge in [-0.3, -0.25) is 0 Å². The van der Waals surface area contributed by atoms with Crippen molar-refractivity contribution in [3.05, 3.63) is 35.9 Å². The van der Waals surface area contributed by atoms with Crippen molar-refractivity contribution in [2.24, 2.45) is 0 Å². The number of carbonyl (C=O) groups is 1. The monoisotopic (exact) mass is 238 g/mol. The SMILES string of the molecule is C=C(COc1ccc(CO)cc1OC)C(=O)O. The van der Waals surface area contributed by atoms with E-state index in [0.29, 0.717) is 17.1 Å². The molecule has 0 atom stereocenters. The lowest BCUT2D eigenvalue weighted by Crippen LogP contribution is -2.09. The Labute approximate surface area is 98.9 Å². The molecule has 0 aromatic heterocycles. The Morgan fingerprint density at radius 1 is 1.41 bits per heavy atom. The second-order valence-electron chi connectivity index (χ2n) is 3.34. The number of benzene rings is 1. The fourth-order valence-electron chi connectivity index (χ4n) is 1.16. The molecule has 0 bridgehead atoms. The highest BCUT2D eigenvalue weighted by molar-refractivity contribution is 5.86. The molecule has 0 aliphatic carbocycles. The molecule has 0 saturated carbocycles. The molecule has 17 heavy (non-hydrogen) atoms. The van der Waals surface area contributed by atoms with Gasteiger partial charge in [-0.15, -0.1) is 0 Å². The summed E-state index contributed by atoms with van der Waals surface area (Å²) in [7, 11) is 1.47. The minimum absolute atomic E-state index is 0.0433. The van der Waals surface area contributed by atoms with E-state index in [4.69, 9.17) is 19.7 Å². The lowest BCUT2D eigenvalue weighted by Gasteiger charge is -2.11. The molecular weight excluding hydrogens is 224 g/mol. The molecule has 0 aliphatic rings. The molecule has 0 saturated heterocycles. The molecule has 0 fully saturated rings. The maximum Gasteiger partial charge on any atom is 0.334 e. The number of rotatable bonds is 6. The highest BCUT2D eigenvalue weighted by Gasteiger charge is 2.09. The van der Waals surface area contributed by atoms with E-state index in [1.165, 1.54) is 7.11 Å². The average Bonchev–Trinajstić information content (AvgIpc) is 2.35. The van der Waals surface area contributed by atoms with Gasteiger partial charge in [0.15, 0.2) is 11.5 Å². The van der Waals surface area contributed by atoms with E-state index in [0.717, 1.165) is 0 Å². The fraction of sp³-hybridized carbons (Fsp3) is 0.250. The summed E-state index contributed by atoms with van der Waals surface area (Å²) in [5.41, 5.74) is 0.643. The first-order chi connectivity index (χ1) is 8.08. The van der Waals surface area contributed by atoms with Crippen molar-refractivity contribution < 1.29 is 24.5 Å². The van der Waals surface area contributed by atoms with E-state index >= 15 is 0 Å². The summed E-state index contributed by atoms with van der Waals surface area (Å²) in [6.07, 6.45) is 0. The van der Waals surface area contributed by atoms with Gasteiger partial charge in [-0.25, -0.2) is 4.79 Å². The average molecular weight is 238 g/mol. The third-order valence-electron chi connectivity index (χ3n) is 2.11. The quantitative estimate of drug-likeness (QED) is 0.728. The molecule has 1 aromatic rings. The van der Waals surface area contributed by atoms with E-state index in [1.807, 2.05) is 0 Å². The molecule has 1 aromatic carbocycles. The highest BCUT2D eigenvalue weighted by atomic mass is 16.5. The minimum Gasteiger partial charge on any atom is -0.493 e. The van der Waals surface area contributed by atoms with Gasteiger partial charge in [-0.1, -0.05) is 12.6 Å². The van der Waals surface area contributed by atoms with E-state index < -0.39 is 5.97 Å².